The average molecular weight is 475 g/mol. The van der Waals surface area contributed by atoms with E-state index < -0.39 is 6.10 Å². The monoisotopic (exact) mass is 474 g/mol. The number of rotatable bonds is 5. The number of ether oxygens (including phenoxy) is 1. The Labute approximate surface area is 202 Å². The maximum Gasteiger partial charge on any atom is 0.338 e. The molecular formula is C25H26N6O4. The largest absolute Gasteiger partial charge is 0.457 e. The van der Waals surface area contributed by atoms with Gasteiger partial charge in [0, 0.05) is 43.3 Å². The molecule has 1 fully saturated rings. The molecule has 1 atom stereocenters. The van der Waals surface area contributed by atoms with Gasteiger partial charge in [-0.1, -0.05) is 6.07 Å². The minimum atomic E-state index is -0.644. The minimum absolute atomic E-state index is 0.0762. The number of fused-ring (bicyclic) bond motifs is 2. The van der Waals surface area contributed by atoms with Crippen molar-refractivity contribution in [1.29, 1.82) is 0 Å². The summed E-state index contributed by atoms with van der Waals surface area (Å²) in [4.78, 5) is 29.1. The van der Waals surface area contributed by atoms with Crippen LogP contribution in [0.2, 0.25) is 0 Å². The molecule has 3 aliphatic rings. The van der Waals surface area contributed by atoms with Crippen molar-refractivity contribution in [2.45, 2.75) is 45.1 Å². The molecule has 1 unspecified atom stereocenters. The molecule has 10 nitrogen and oxygen atoms in total. The topological polar surface area (TPSA) is 114 Å². The van der Waals surface area contributed by atoms with E-state index in [1.165, 1.54) is 6.33 Å². The Balaban J connectivity index is 1.08. The summed E-state index contributed by atoms with van der Waals surface area (Å²) < 4.78 is 6.72. The summed E-state index contributed by atoms with van der Waals surface area (Å²) in [7, 11) is 0. The van der Waals surface area contributed by atoms with Crippen molar-refractivity contribution in [3.8, 4) is 5.69 Å². The summed E-state index contributed by atoms with van der Waals surface area (Å²) in [6, 6.07) is 9.46. The Morgan fingerprint density at radius 2 is 1.94 bits per heavy atom. The van der Waals surface area contributed by atoms with E-state index in [1.807, 2.05) is 36.1 Å². The fourth-order valence-electron chi connectivity index (χ4n) is 5.53. The van der Waals surface area contributed by atoms with E-state index in [1.54, 1.807) is 10.7 Å². The number of cyclic esters (lactones) is 1. The van der Waals surface area contributed by atoms with Crippen LogP contribution in [0.4, 0.5) is 0 Å². The van der Waals surface area contributed by atoms with Gasteiger partial charge in [0.25, 0.3) is 5.91 Å². The lowest BCUT2D eigenvalue weighted by molar-refractivity contribution is 0.0503. The molecule has 1 amide bonds. The van der Waals surface area contributed by atoms with Crippen molar-refractivity contribution in [2.75, 3.05) is 19.6 Å². The van der Waals surface area contributed by atoms with Crippen molar-refractivity contribution < 1.29 is 19.4 Å². The summed E-state index contributed by atoms with van der Waals surface area (Å²) in [5.74, 6) is -0.219. The lowest BCUT2D eigenvalue weighted by atomic mass is 9.94. The lowest BCUT2D eigenvalue weighted by Crippen LogP contribution is -2.45. The van der Waals surface area contributed by atoms with Crippen molar-refractivity contribution in [3.05, 3.63) is 70.0 Å². The molecule has 1 aromatic heterocycles. The highest BCUT2D eigenvalue weighted by Gasteiger charge is 2.35. The quantitative estimate of drug-likeness (QED) is 0.557. The summed E-state index contributed by atoms with van der Waals surface area (Å²) in [5, 5.41) is 22.2. The number of benzene rings is 2. The molecule has 3 aliphatic heterocycles. The molecule has 10 heteroatoms. The Morgan fingerprint density at radius 3 is 2.71 bits per heavy atom. The van der Waals surface area contributed by atoms with Crippen LogP contribution in [0.25, 0.3) is 5.69 Å². The molecule has 0 radical (unpaired) electrons. The summed E-state index contributed by atoms with van der Waals surface area (Å²) >= 11 is 0. The molecule has 3 aromatic rings. The SMILES string of the molecule is Cc1c(C(O)CN2CCC(N3Cc4cc(-n5cnnn5)ccc4C3=O)CC2)ccc2c1COC2=O. The summed E-state index contributed by atoms with van der Waals surface area (Å²) in [5.41, 5.74) is 5.82. The van der Waals surface area contributed by atoms with Crippen LogP contribution in [0, 0.1) is 6.92 Å². The van der Waals surface area contributed by atoms with Gasteiger partial charge in [0.1, 0.15) is 12.9 Å². The van der Waals surface area contributed by atoms with Gasteiger partial charge in [0.15, 0.2) is 0 Å². The molecule has 1 saturated heterocycles. The first-order valence-corrected chi connectivity index (χ1v) is 11.9. The van der Waals surface area contributed by atoms with E-state index in [4.69, 9.17) is 4.74 Å². The van der Waals surface area contributed by atoms with Crippen molar-refractivity contribution >= 4 is 11.9 Å². The third-order valence-corrected chi connectivity index (χ3v) is 7.53. The van der Waals surface area contributed by atoms with Crippen molar-refractivity contribution in [3.63, 3.8) is 0 Å². The normalized spacial score (nSPS) is 19.1. The van der Waals surface area contributed by atoms with Gasteiger partial charge in [-0.2, -0.15) is 0 Å². The minimum Gasteiger partial charge on any atom is -0.457 e. The first kappa shape index (κ1) is 21.9. The van der Waals surface area contributed by atoms with Gasteiger partial charge in [0.05, 0.1) is 17.4 Å². The number of β-amino-alcohol motifs (C(OH)–C–C–N with tert-alkyl or cyclic N) is 1. The highest BCUT2D eigenvalue weighted by atomic mass is 16.5. The van der Waals surface area contributed by atoms with Gasteiger partial charge < -0.3 is 19.6 Å². The maximum atomic E-state index is 13.1. The number of carbonyl (C=O) groups excluding carboxylic acids is 2. The first-order valence-electron chi connectivity index (χ1n) is 11.9. The zero-order valence-corrected chi connectivity index (χ0v) is 19.4. The van der Waals surface area contributed by atoms with E-state index in [-0.39, 0.29) is 24.5 Å². The molecule has 6 rings (SSSR count). The maximum absolute atomic E-state index is 13.1. The van der Waals surface area contributed by atoms with Crippen LogP contribution >= 0.6 is 0 Å². The van der Waals surface area contributed by atoms with E-state index in [0.717, 1.165) is 59.4 Å². The zero-order chi connectivity index (χ0) is 24.1. The number of amides is 1. The number of hydrogen-bond acceptors (Lipinski definition) is 8. The lowest BCUT2D eigenvalue weighted by Gasteiger charge is -2.37. The van der Waals surface area contributed by atoms with Crippen LogP contribution in [0.15, 0.2) is 36.7 Å². The Bertz CT molecular complexity index is 1300. The number of nitrogens with zero attached hydrogens (tertiary/aromatic N) is 6. The Hall–Kier alpha value is -3.63. The standard InChI is InChI=1S/C25H26N6O4/c1-15-19(4-5-21-22(15)13-35-25(21)34)23(32)12-29-8-6-17(7-9-29)30-11-16-10-18(31-14-26-27-28-31)2-3-20(16)24(30)33/h2-5,10,14,17,23,32H,6-9,11-13H2,1H3. The highest BCUT2D eigenvalue weighted by Crippen LogP contribution is 2.32. The molecule has 2 aromatic carbocycles. The van der Waals surface area contributed by atoms with Crippen LogP contribution in [-0.4, -0.2) is 72.7 Å². The number of aliphatic hydroxyl groups is 1. The Kier molecular flexibility index (Phi) is 5.34. The second-order valence-corrected chi connectivity index (χ2v) is 9.46. The third-order valence-electron chi connectivity index (χ3n) is 7.53. The van der Waals surface area contributed by atoms with Crippen molar-refractivity contribution in [2.24, 2.45) is 0 Å². The second kappa shape index (κ2) is 8.54. The molecule has 0 aliphatic carbocycles. The number of piperidine rings is 1. The first-order chi connectivity index (χ1) is 17.0. The smallest absolute Gasteiger partial charge is 0.338 e. The fourth-order valence-corrected chi connectivity index (χ4v) is 5.53. The van der Waals surface area contributed by atoms with Crippen LogP contribution in [0.1, 0.15) is 61.9 Å². The van der Waals surface area contributed by atoms with Gasteiger partial charge in [-0.3, -0.25) is 4.79 Å². The van der Waals surface area contributed by atoms with E-state index in [0.29, 0.717) is 18.7 Å². The zero-order valence-electron chi connectivity index (χ0n) is 19.4. The van der Waals surface area contributed by atoms with Crippen LogP contribution < -0.4 is 0 Å². The van der Waals surface area contributed by atoms with Crippen LogP contribution in [-0.2, 0) is 17.9 Å². The van der Waals surface area contributed by atoms with Gasteiger partial charge in [-0.05, 0) is 71.1 Å². The number of aliphatic hydroxyl groups excluding tert-OH is 1. The van der Waals surface area contributed by atoms with Crippen LogP contribution in [0.5, 0.6) is 0 Å². The van der Waals surface area contributed by atoms with Gasteiger partial charge in [-0.15, -0.1) is 5.10 Å². The second-order valence-electron chi connectivity index (χ2n) is 9.46. The molecule has 180 valence electrons. The highest BCUT2D eigenvalue weighted by molar-refractivity contribution is 5.98. The van der Waals surface area contributed by atoms with Crippen LogP contribution in [0.3, 0.4) is 0 Å². The number of carbonyl (C=O) groups is 2. The average Bonchev–Trinajstić information content (AvgIpc) is 3.60. The molecule has 35 heavy (non-hydrogen) atoms. The summed E-state index contributed by atoms with van der Waals surface area (Å²) in [6.45, 7) is 4.94. The molecule has 1 N–H and O–H groups in total. The summed E-state index contributed by atoms with van der Waals surface area (Å²) in [6.07, 6.45) is 2.61. The number of aromatic nitrogens is 4. The Morgan fingerprint density at radius 1 is 1.14 bits per heavy atom. The molecular weight excluding hydrogens is 448 g/mol. The van der Waals surface area contributed by atoms with Gasteiger partial charge in [0.2, 0.25) is 0 Å². The van der Waals surface area contributed by atoms with E-state index >= 15 is 0 Å². The number of esters is 1. The number of likely N-dealkylation sites (tertiary alicyclic amines) is 1. The fraction of sp³-hybridized carbons (Fsp3) is 0.400. The van der Waals surface area contributed by atoms with Gasteiger partial charge in [-0.25, -0.2) is 9.48 Å². The number of hydrogen-bond donors (Lipinski definition) is 1. The predicted molar refractivity (Wildman–Crippen MR) is 124 cm³/mol. The third kappa shape index (κ3) is 3.78. The molecule has 0 saturated carbocycles. The predicted octanol–water partition coefficient (Wildman–Crippen LogP) is 1.79. The van der Waals surface area contributed by atoms with Gasteiger partial charge >= 0.3 is 5.97 Å². The molecule has 4 heterocycles. The van der Waals surface area contributed by atoms with E-state index in [2.05, 4.69) is 20.4 Å². The van der Waals surface area contributed by atoms with E-state index in [9.17, 15) is 14.7 Å². The van der Waals surface area contributed by atoms with Crippen molar-refractivity contribution in [1.82, 2.24) is 30.0 Å². The molecule has 0 spiro atoms. The molecule has 0 bridgehead atoms. The number of tetrazole rings is 1.